The van der Waals surface area contributed by atoms with Gasteiger partial charge in [-0.3, -0.25) is 4.79 Å². The molecule has 3 rings (SSSR count). The van der Waals surface area contributed by atoms with E-state index in [9.17, 15) is 26.6 Å². The second-order valence-corrected chi connectivity index (χ2v) is 11.3. The number of halogens is 6. The van der Waals surface area contributed by atoms with Crippen molar-refractivity contribution in [2.24, 2.45) is 9.52 Å². The van der Waals surface area contributed by atoms with E-state index < -0.39 is 55.3 Å². The summed E-state index contributed by atoms with van der Waals surface area (Å²) in [7, 11) is -2.69. The summed E-state index contributed by atoms with van der Waals surface area (Å²) in [4.78, 5) is 17.4. The minimum atomic E-state index is -4.94. The third-order valence-corrected chi connectivity index (χ3v) is 7.55. The largest absolute Gasteiger partial charge is 0.435 e. The first-order chi connectivity index (χ1) is 15.7. The normalized spacial score (nSPS) is 19.9. The van der Waals surface area contributed by atoms with Gasteiger partial charge < -0.3 is 4.84 Å². The fourth-order valence-corrected chi connectivity index (χ4v) is 5.36. The Morgan fingerprint density at radius 2 is 1.85 bits per heavy atom. The smallest absolute Gasteiger partial charge is 0.374 e. The van der Waals surface area contributed by atoms with Crippen LogP contribution in [0.15, 0.2) is 39.9 Å². The van der Waals surface area contributed by atoms with Crippen LogP contribution in [0.4, 0.5) is 17.6 Å². The summed E-state index contributed by atoms with van der Waals surface area (Å²) in [6, 6.07) is 5.88. The molecule has 1 aliphatic rings. The third kappa shape index (κ3) is 5.08. The van der Waals surface area contributed by atoms with Crippen molar-refractivity contribution in [2.75, 3.05) is 12.0 Å². The molecule has 34 heavy (non-hydrogen) atoms. The molecular formula is C22H20Cl2F4N2O3S. The van der Waals surface area contributed by atoms with E-state index in [1.54, 1.807) is 6.92 Å². The highest BCUT2D eigenvalue weighted by molar-refractivity contribution is 7.93. The van der Waals surface area contributed by atoms with Gasteiger partial charge in [0.05, 0.1) is 25.5 Å². The summed E-state index contributed by atoms with van der Waals surface area (Å²) in [5, 5.41) is 2.48. The van der Waals surface area contributed by atoms with Gasteiger partial charge in [0, 0.05) is 29.6 Å². The van der Waals surface area contributed by atoms with Crippen LogP contribution in [-0.4, -0.2) is 34.0 Å². The molecule has 1 heterocycles. The second-order valence-electron chi connectivity index (χ2n) is 7.97. The Balaban J connectivity index is 1.96. The topological polar surface area (TPSA) is 68.1 Å². The van der Waals surface area contributed by atoms with E-state index in [0.29, 0.717) is 12.0 Å². The van der Waals surface area contributed by atoms with Gasteiger partial charge in [0.2, 0.25) is 0 Å². The summed E-state index contributed by atoms with van der Waals surface area (Å²) in [5.74, 6) is -1.45. The minimum absolute atomic E-state index is 0.0433. The molecule has 0 N–H and O–H groups in total. The van der Waals surface area contributed by atoms with E-state index in [4.69, 9.17) is 28.0 Å². The molecule has 0 spiro atoms. The van der Waals surface area contributed by atoms with E-state index in [0.717, 1.165) is 12.1 Å². The lowest BCUT2D eigenvalue weighted by molar-refractivity contribution is -0.275. The zero-order chi connectivity index (χ0) is 25.5. The van der Waals surface area contributed by atoms with Gasteiger partial charge in [-0.2, -0.15) is 17.5 Å². The van der Waals surface area contributed by atoms with Crippen molar-refractivity contribution in [3.05, 3.63) is 68.4 Å². The first kappa shape index (κ1) is 26.4. The SMILES string of the molecule is CCCS(C)(=O)=NC(=O)c1ccc(C2=NOC(c3cc(Cl)c(F)c(Cl)c3)(C(F)(F)F)C2)cc1C. The van der Waals surface area contributed by atoms with E-state index in [1.807, 2.05) is 6.92 Å². The summed E-state index contributed by atoms with van der Waals surface area (Å²) in [5.41, 5.74) is -2.59. The molecule has 184 valence electrons. The number of carbonyl (C=O) groups excluding carboxylic acids is 1. The first-order valence-corrected chi connectivity index (χ1v) is 12.9. The number of rotatable bonds is 5. The van der Waals surface area contributed by atoms with Gasteiger partial charge in [0.15, 0.2) is 5.82 Å². The number of oxime groups is 1. The lowest BCUT2D eigenvalue weighted by atomic mass is 9.86. The maximum Gasteiger partial charge on any atom is 0.435 e. The van der Waals surface area contributed by atoms with Gasteiger partial charge in [-0.15, -0.1) is 0 Å². The predicted molar refractivity (Wildman–Crippen MR) is 124 cm³/mol. The Hall–Kier alpha value is -2.17. The summed E-state index contributed by atoms with van der Waals surface area (Å²) in [6.45, 7) is 3.40. The van der Waals surface area contributed by atoms with Crippen LogP contribution < -0.4 is 0 Å². The third-order valence-electron chi connectivity index (χ3n) is 5.29. The molecule has 5 nitrogen and oxygen atoms in total. The number of hydrogen-bond donors (Lipinski definition) is 0. The number of alkyl halides is 3. The zero-order valence-electron chi connectivity index (χ0n) is 18.3. The number of carbonyl (C=O) groups is 1. The Bertz CT molecular complexity index is 1280. The van der Waals surface area contributed by atoms with Crippen LogP contribution in [0.1, 0.15) is 46.8 Å². The van der Waals surface area contributed by atoms with Crippen molar-refractivity contribution < 1.29 is 31.4 Å². The van der Waals surface area contributed by atoms with Gasteiger partial charge in [0.1, 0.15) is 0 Å². The molecule has 0 saturated carbocycles. The Morgan fingerprint density at radius 1 is 1.24 bits per heavy atom. The monoisotopic (exact) mass is 538 g/mol. The molecule has 2 atom stereocenters. The summed E-state index contributed by atoms with van der Waals surface area (Å²) < 4.78 is 72.4. The molecule has 1 aliphatic heterocycles. The number of aryl methyl sites for hydroxylation is 1. The lowest BCUT2D eigenvalue weighted by Crippen LogP contribution is -2.42. The van der Waals surface area contributed by atoms with E-state index in [2.05, 4.69) is 9.52 Å². The van der Waals surface area contributed by atoms with Crippen molar-refractivity contribution in [3.8, 4) is 0 Å². The van der Waals surface area contributed by atoms with Crippen molar-refractivity contribution in [3.63, 3.8) is 0 Å². The molecule has 0 fully saturated rings. The molecule has 2 aromatic carbocycles. The molecule has 0 aliphatic carbocycles. The van der Waals surface area contributed by atoms with Crippen LogP contribution in [0.25, 0.3) is 0 Å². The van der Waals surface area contributed by atoms with Crippen molar-refractivity contribution in [1.29, 1.82) is 0 Å². The number of benzene rings is 2. The quantitative estimate of drug-likeness (QED) is 0.315. The molecule has 0 aromatic heterocycles. The molecule has 0 radical (unpaired) electrons. The van der Waals surface area contributed by atoms with Crippen LogP contribution in [0.2, 0.25) is 10.0 Å². The molecule has 2 unspecified atom stereocenters. The Kier molecular flexibility index (Phi) is 7.36. The van der Waals surface area contributed by atoms with Crippen LogP contribution >= 0.6 is 23.2 Å². The number of amides is 1. The standard InChI is InChI=1S/C22H20Cl2F4N2O3S/c1-4-7-34(3,32)30-20(31)15-6-5-13(8-12(15)2)18-11-21(33-29-18,22(26,27)28)14-9-16(23)19(25)17(24)10-14/h5-6,8-10H,4,7,11H2,1-3H3. The van der Waals surface area contributed by atoms with Crippen molar-refractivity contribution in [1.82, 2.24) is 0 Å². The van der Waals surface area contributed by atoms with Crippen molar-refractivity contribution >= 4 is 44.5 Å². The Labute approximate surface area is 204 Å². The fraction of sp³-hybridized carbons (Fsp3) is 0.364. The van der Waals surface area contributed by atoms with Crippen LogP contribution in [0.5, 0.6) is 0 Å². The molecule has 0 bridgehead atoms. The van der Waals surface area contributed by atoms with E-state index in [1.165, 1.54) is 24.5 Å². The molecule has 0 saturated heterocycles. The number of hydrogen-bond acceptors (Lipinski definition) is 4. The average Bonchev–Trinajstić information content (AvgIpc) is 3.18. The minimum Gasteiger partial charge on any atom is -0.374 e. The van der Waals surface area contributed by atoms with Gasteiger partial charge in [-0.05, 0) is 48.7 Å². The summed E-state index contributed by atoms with van der Waals surface area (Å²) in [6.07, 6.45) is -3.68. The van der Waals surface area contributed by atoms with Crippen molar-refractivity contribution in [2.45, 2.75) is 38.5 Å². The molecule has 12 heteroatoms. The maximum atomic E-state index is 14.2. The predicted octanol–water partition coefficient (Wildman–Crippen LogP) is 6.67. The summed E-state index contributed by atoms with van der Waals surface area (Å²) >= 11 is 11.4. The second kappa shape index (κ2) is 9.47. The highest BCUT2D eigenvalue weighted by Crippen LogP contribution is 2.50. The Morgan fingerprint density at radius 3 is 2.38 bits per heavy atom. The van der Waals surface area contributed by atoms with Crippen LogP contribution in [0, 0.1) is 12.7 Å². The van der Waals surface area contributed by atoms with Crippen LogP contribution in [-0.2, 0) is 20.2 Å². The van der Waals surface area contributed by atoms with Gasteiger partial charge >= 0.3 is 6.18 Å². The molecule has 2 aromatic rings. The fourth-order valence-electron chi connectivity index (χ4n) is 3.58. The van der Waals surface area contributed by atoms with E-state index >= 15 is 0 Å². The highest BCUT2D eigenvalue weighted by atomic mass is 35.5. The van der Waals surface area contributed by atoms with Crippen LogP contribution in [0.3, 0.4) is 0 Å². The van der Waals surface area contributed by atoms with Gasteiger partial charge in [-0.25, -0.2) is 8.60 Å². The maximum absolute atomic E-state index is 14.2. The van der Waals surface area contributed by atoms with Gasteiger partial charge in [0.25, 0.3) is 11.5 Å². The zero-order valence-corrected chi connectivity index (χ0v) is 20.6. The molecular weight excluding hydrogens is 519 g/mol. The lowest BCUT2D eigenvalue weighted by Gasteiger charge is -2.29. The molecule has 1 amide bonds. The number of nitrogens with zero attached hydrogens (tertiary/aromatic N) is 2. The van der Waals surface area contributed by atoms with Gasteiger partial charge in [-0.1, -0.05) is 41.3 Å². The average molecular weight is 539 g/mol. The first-order valence-electron chi connectivity index (χ1n) is 10.0. The van der Waals surface area contributed by atoms with E-state index in [-0.39, 0.29) is 22.6 Å². The highest BCUT2D eigenvalue weighted by Gasteiger charge is 2.62.